The predicted octanol–water partition coefficient (Wildman–Crippen LogP) is 2.27. The summed E-state index contributed by atoms with van der Waals surface area (Å²) in [7, 11) is 6.29. The minimum absolute atomic E-state index is 0.610. The fourth-order valence-electron chi connectivity index (χ4n) is 2.37. The number of hydrogen-bond donors (Lipinski definition) is 1. The van der Waals surface area contributed by atoms with E-state index in [0.717, 1.165) is 42.1 Å². The van der Waals surface area contributed by atoms with E-state index in [1.54, 1.807) is 11.3 Å². The van der Waals surface area contributed by atoms with E-state index in [1.165, 1.54) is 10.4 Å². The summed E-state index contributed by atoms with van der Waals surface area (Å²) in [5.41, 5.74) is 7.32. The highest BCUT2D eigenvalue weighted by Crippen LogP contribution is 2.31. The molecule has 0 bridgehead atoms. The van der Waals surface area contributed by atoms with Crippen LogP contribution in [-0.2, 0) is 6.54 Å². The van der Waals surface area contributed by atoms with Crippen molar-refractivity contribution in [2.45, 2.75) is 26.8 Å². The van der Waals surface area contributed by atoms with Gasteiger partial charge in [-0.2, -0.15) is 0 Å². The van der Waals surface area contributed by atoms with Crippen LogP contribution < -0.4 is 5.73 Å². The van der Waals surface area contributed by atoms with Crippen LogP contribution in [0.3, 0.4) is 0 Å². The molecule has 0 saturated carbocycles. The highest BCUT2D eigenvalue weighted by Gasteiger charge is 2.13. The summed E-state index contributed by atoms with van der Waals surface area (Å²) >= 11 is 1.70. The van der Waals surface area contributed by atoms with Crippen LogP contribution in [0.2, 0.25) is 0 Å². The molecule has 0 fully saturated rings. The van der Waals surface area contributed by atoms with Crippen molar-refractivity contribution in [1.29, 1.82) is 0 Å². The Hall–Kier alpha value is -1.24. The molecule has 21 heavy (non-hydrogen) atoms. The highest BCUT2D eigenvalue weighted by molar-refractivity contribution is 7.18. The third-order valence-corrected chi connectivity index (χ3v) is 4.76. The number of aromatic nitrogens is 2. The van der Waals surface area contributed by atoms with Crippen molar-refractivity contribution in [2.75, 3.05) is 40.0 Å². The van der Waals surface area contributed by atoms with Crippen LogP contribution in [-0.4, -0.2) is 54.0 Å². The summed E-state index contributed by atoms with van der Waals surface area (Å²) in [5, 5.41) is 1.02. The second kappa shape index (κ2) is 6.68. The molecule has 0 aromatic carbocycles. The standard InChI is InChI=1S/C15H25N5S/c1-10-11(2)21-15-13(10)14(16)17-12(18-15)9-20(5)8-6-7-19(3)4/h6-9H2,1-5H3,(H2,16,17,18). The molecule has 2 aromatic heterocycles. The number of fused-ring (bicyclic) bond motifs is 1. The first-order valence-corrected chi connectivity index (χ1v) is 8.05. The van der Waals surface area contributed by atoms with Gasteiger partial charge in [0, 0.05) is 4.88 Å². The maximum atomic E-state index is 6.12. The molecular weight excluding hydrogens is 282 g/mol. The Labute approximate surface area is 130 Å². The molecule has 6 heteroatoms. The zero-order valence-electron chi connectivity index (χ0n) is 13.6. The normalized spacial score (nSPS) is 12.0. The van der Waals surface area contributed by atoms with Crippen molar-refractivity contribution in [1.82, 2.24) is 19.8 Å². The first-order valence-electron chi connectivity index (χ1n) is 7.24. The van der Waals surface area contributed by atoms with Gasteiger partial charge in [-0.15, -0.1) is 11.3 Å². The molecule has 0 radical (unpaired) electrons. The van der Waals surface area contributed by atoms with Crippen LogP contribution in [0, 0.1) is 13.8 Å². The van der Waals surface area contributed by atoms with Crippen LogP contribution in [0.25, 0.3) is 10.2 Å². The van der Waals surface area contributed by atoms with Gasteiger partial charge in [0.25, 0.3) is 0 Å². The highest BCUT2D eigenvalue weighted by atomic mass is 32.1. The lowest BCUT2D eigenvalue weighted by Gasteiger charge is -2.17. The van der Waals surface area contributed by atoms with Crippen LogP contribution in [0.1, 0.15) is 22.7 Å². The molecule has 116 valence electrons. The summed E-state index contributed by atoms with van der Waals surface area (Å²) in [4.78, 5) is 15.9. The number of aryl methyl sites for hydroxylation is 2. The molecule has 0 aliphatic rings. The van der Waals surface area contributed by atoms with Crippen LogP contribution in [0.4, 0.5) is 5.82 Å². The molecule has 2 heterocycles. The lowest BCUT2D eigenvalue weighted by molar-refractivity contribution is 0.289. The van der Waals surface area contributed by atoms with Gasteiger partial charge in [0.15, 0.2) is 0 Å². The second-order valence-electron chi connectivity index (χ2n) is 5.88. The van der Waals surface area contributed by atoms with Gasteiger partial charge in [-0.3, -0.25) is 4.90 Å². The van der Waals surface area contributed by atoms with E-state index in [-0.39, 0.29) is 0 Å². The van der Waals surface area contributed by atoms with Gasteiger partial charge in [-0.25, -0.2) is 9.97 Å². The lowest BCUT2D eigenvalue weighted by Crippen LogP contribution is -2.24. The fourth-order valence-corrected chi connectivity index (χ4v) is 3.43. The van der Waals surface area contributed by atoms with E-state index in [1.807, 2.05) is 0 Å². The zero-order valence-corrected chi connectivity index (χ0v) is 14.4. The first-order chi connectivity index (χ1) is 9.88. The molecule has 5 nitrogen and oxygen atoms in total. The average Bonchev–Trinajstić information content (AvgIpc) is 2.64. The van der Waals surface area contributed by atoms with Gasteiger partial charge in [0.1, 0.15) is 16.5 Å². The van der Waals surface area contributed by atoms with Crippen LogP contribution >= 0.6 is 11.3 Å². The van der Waals surface area contributed by atoms with Crippen molar-refractivity contribution in [2.24, 2.45) is 0 Å². The van der Waals surface area contributed by atoms with Crippen LogP contribution in [0.15, 0.2) is 0 Å². The fraction of sp³-hybridized carbons (Fsp3) is 0.600. The van der Waals surface area contributed by atoms with Gasteiger partial charge < -0.3 is 10.6 Å². The van der Waals surface area contributed by atoms with Crippen molar-refractivity contribution < 1.29 is 0 Å². The number of thiophene rings is 1. The van der Waals surface area contributed by atoms with Gasteiger partial charge >= 0.3 is 0 Å². The van der Waals surface area contributed by atoms with E-state index in [2.05, 4.69) is 54.8 Å². The van der Waals surface area contributed by atoms with Crippen molar-refractivity contribution in [3.05, 3.63) is 16.3 Å². The zero-order chi connectivity index (χ0) is 15.6. The number of rotatable bonds is 6. The number of nitrogens with two attached hydrogens (primary N) is 1. The minimum atomic E-state index is 0.610. The second-order valence-corrected chi connectivity index (χ2v) is 7.09. The molecule has 0 aliphatic carbocycles. The maximum Gasteiger partial charge on any atom is 0.146 e. The first kappa shape index (κ1) is 16.1. The number of nitrogens with zero attached hydrogens (tertiary/aromatic N) is 4. The van der Waals surface area contributed by atoms with E-state index in [4.69, 9.17) is 5.73 Å². The molecule has 2 N–H and O–H groups in total. The summed E-state index contributed by atoms with van der Waals surface area (Å²) < 4.78 is 0. The third-order valence-electron chi connectivity index (χ3n) is 3.66. The Morgan fingerprint density at radius 3 is 2.48 bits per heavy atom. The van der Waals surface area contributed by atoms with Crippen molar-refractivity contribution in [3.63, 3.8) is 0 Å². The molecule has 0 aliphatic heterocycles. The molecule has 0 unspecified atom stereocenters. The number of anilines is 1. The number of hydrogen-bond acceptors (Lipinski definition) is 6. The third kappa shape index (κ3) is 3.90. The Morgan fingerprint density at radius 1 is 1.10 bits per heavy atom. The minimum Gasteiger partial charge on any atom is -0.383 e. The molecule has 2 rings (SSSR count). The quantitative estimate of drug-likeness (QED) is 0.887. The average molecular weight is 307 g/mol. The molecule has 0 saturated heterocycles. The molecule has 2 aromatic rings. The van der Waals surface area contributed by atoms with Crippen molar-refractivity contribution in [3.8, 4) is 0 Å². The van der Waals surface area contributed by atoms with Crippen molar-refractivity contribution >= 4 is 27.4 Å². The van der Waals surface area contributed by atoms with E-state index < -0.39 is 0 Å². The monoisotopic (exact) mass is 307 g/mol. The summed E-state index contributed by atoms with van der Waals surface area (Å²) in [6, 6.07) is 0. The van der Waals surface area contributed by atoms with E-state index >= 15 is 0 Å². The van der Waals surface area contributed by atoms with Gasteiger partial charge in [0.2, 0.25) is 0 Å². The summed E-state index contributed by atoms with van der Waals surface area (Å²) in [5.74, 6) is 1.42. The molecule has 0 amide bonds. The largest absolute Gasteiger partial charge is 0.383 e. The number of nitrogen functional groups attached to an aromatic ring is 1. The van der Waals surface area contributed by atoms with E-state index in [0.29, 0.717) is 5.82 Å². The maximum absolute atomic E-state index is 6.12. The smallest absolute Gasteiger partial charge is 0.146 e. The van der Waals surface area contributed by atoms with Crippen LogP contribution in [0.5, 0.6) is 0 Å². The van der Waals surface area contributed by atoms with Gasteiger partial charge in [0.05, 0.1) is 11.9 Å². The predicted molar refractivity (Wildman–Crippen MR) is 90.8 cm³/mol. The topological polar surface area (TPSA) is 58.3 Å². The van der Waals surface area contributed by atoms with Gasteiger partial charge in [-0.05, 0) is 60.1 Å². The Balaban J connectivity index is 2.09. The Morgan fingerprint density at radius 2 is 1.81 bits per heavy atom. The lowest BCUT2D eigenvalue weighted by atomic mass is 10.2. The molecule has 0 atom stereocenters. The SMILES string of the molecule is Cc1sc2nc(CN(C)CCCN(C)C)nc(N)c2c1C. The summed E-state index contributed by atoms with van der Waals surface area (Å²) in [6.45, 7) is 7.05. The van der Waals surface area contributed by atoms with Gasteiger partial charge in [-0.1, -0.05) is 0 Å². The Kier molecular flexibility index (Phi) is 5.13. The Bertz CT molecular complexity index is 620. The molecule has 0 spiro atoms. The summed E-state index contributed by atoms with van der Waals surface area (Å²) in [6.07, 6.45) is 1.14. The van der Waals surface area contributed by atoms with E-state index in [9.17, 15) is 0 Å². The molecular formula is C15H25N5S.